The highest BCUT2D eigenvalue weighted by molar-refractivity contribution is 6.39. The van der Waals surface area contributed by atoms with Crippen molar-refractivity contribution in [1.82, 2.24) is 4.90 Å². The molecule has 0 spiro atoms. The summed E-state index contributed by atoms with van der Waals surface area (Å²) < 4.78 is 5.01. The van der Waals surface area contributed by atoms with E-state index in [4.69, 9.17) is 27.9 Å². The van der Waals surface area contributed by atoms with Crippen molar-refractivity contribution < 1.29 is 14.3 Å². The molecule has 0 saturated carbocycles. The lowest BCUT2D eigenvalue weighted by Crippen LogP contribution is -2.42. The fourth-order valence-electron chi connectivity index (χ4n) is 2.38. The van der Waals surface area contributed by atoms with Gasteiger partial charge in [-0.25, -0.2) is 4.79 Å². The van der Waals surface area contributed by atoms with Crippen LogP contribution in [0.15, 0.2) is 18.2 Å². The first kappa shape index (κ1) is 16.9. The first-order chi connectivity index (χ1) is 10.5. The minimum Gasteiger partial charge on any atom is -0.466 e. The Morgan fingerprint density at radius 3 is 2.41 bits per heavy atom. The highest BCUT2D eigenvalue weighted by Gasteiger charge is 2.28. The normalized spacial score (nSPS) is 15.5. The van der Waals surface area contributed by atoms with Crippen LogP contribution in [0.3, 0.4) is 0 Å². The first-order valence-electron chi connectivity index (χ1n) is 7.19. The summed E-state index contributed by atoms with van der Waals surface area (Å²) in [5.41, 5.74) is 0.406. The minimum atomic E-state index is -0.266. The van der Waals surface area contributed by atoms with E-state index in [1.54, 1.807) is 30.0 Å². The number of nitrogens with zero attached hydrogens (tertiary/aromatic N) is 1. The molecule has 1 heterocycles. The fraction of sp³-hybridized carbons (Fsp3) is 0.467. The molecule has 0 radical (unpaired) electrons. The summed E-state index contributed by atoms with van der Waals surface area (Å²) in [5, 5.41) is 3.51. The van der Waals surface area contributed by atoms with Gasteiger partial charge < -0.3 is 15.0 Å². The Kier molecular flexibility index (Phi) is 5.91. The van der Waals surface area contributed by atoms with Gasteiger partial charge in [0, 0.05) is 13.1 Å². The number of esters is 1. The van der Waals surface area contributed by atoms with Gasteiger partial charge in [-0.15, -0.1) is 0 Å². The van der Waals surface area contributed by atoms with Crippen molar-refractivity contribution in [2.45, 2.75) is 19.8 Å². The van der Waals surface area contributed by atoms with E-state index in [1.165, 1.54) is 0 Å². The van der Waals surface area contributed by atoms with Crippen molar-refractivity contribution in [3.05, 3.63) is 28.2 Å². The van der Waals surface area contributed by atoms with Crippen molar-refractivity contribution in [3.63, 3.8) is 0 Å². The molecule has 5 nitrogen and oxygen atoms in total. The third-order valence-corrected chi connectivity index (χ3v) is 4.23. The molecule has 0 unspecified atom stereocenters. The largest absolute Gasteiger partial charge is 0.466 e. The van der Waals surface area contributed by atoms with Gasteiger partial charge in [0.25, 0.3) is 0 Å². The number of amides is 2. The Morgan fingerprint density at radius 1 is 1.27 bits per heavy atom. The summed E-state index contributed by atoms with van der Waals surface area (Å²) in [7, 11) is 0. The van der Waals surface area contributed by atoms with E-state index in [9.17, 15) is 9.59 Å². The number of carbonyl (C=O) groups is 2. The van der Waals surface area contributed by atoms with Gasteiger partial charge in [-0.2, -0.15) is 0 Å². The molecule has 1 aliphatic rings. The van der Waals surface area contributed by atoms with Gasteiger partial charge in [0.2, 0.25) is 0 Å². The third-order valence-electron chi connectivity index (χ3n) is 3.60. The Labute approximate surface area is 139 Å². The Balaban J connectivity index is 1.92. The number of anilines is 1. The minimum absolute atomic E-state index is 0.132. The van der Waals surface area contributed by atoms with Crippen LogP contribution in [0, 0.1) is 5.92 Å². The van der Waals surface area contributed by atoms with Crippen LogP contribution in [0.2, 0.25) is 10.0 Å². The second-order valence-corrected chi connectivity index (χ2v) is 5.85. The molecule has 0 aromatic heterocycles. The Bertz CT molecular complexity index is 537. The van der Waals surface area contributed by atoms with Crippen LogP contribution in [0.5, 0.6) is 0 Å². The van der Waals surface area contributed by atoms with Crippen LogP contribution >= 0.6 is 23.2 Å². The van der Waals surface area contributed by atoms with Crippen molar-refractivity contribution in [2.75, 3.05) is 25.0 Å². The van der Waals surface area contributed by atoms with E-state index >= 15 is 0 Å². The number of likely N-dealkylation sites (tertiary alicyclic amines) is 1. The summed E-state index contributed by atoms with van der Waals surface area (Å²) >= 11 is 12.1. The number of para-hydroxylation sites is 1. The molecule has 1 saturated heterocycles. The van der Waals surface area contributed by atoms with Crippen LogP contribution in [0.4, 0.5) is 10.5 Å². The molecule has 0 bridgehead atoms. The molecule has 120 valence electrons. The molecular formula is C15H18Cl2N2O3. The number of urea groups is 1. The van der Waals surface area contributed by atoms with Crippen molar-refractivity contribution in [2.24, 2.45) is 5.92 Å². The number of nitrogens with one attached hydrogen (secondary N) is 1. The molecule has 0 aliphatic carbocycles. The van der Waals surface area contributed by atoms with Crippen molar-refractivity contribution >= 4 is 40.9 Å². The molecule has 1 aromatic carbocycles. The fourth-order valence-corrected chi connectivity index (χ4v) is 2.87. The summed E-state index contributed by atoms with van der Waals surface area (Å²) in [4.78, 5) is 25.6. The Morgan fingerprint density at radius 2 is 1.86 bits per heavy atom. The number of rotatable bonds is 3. The molecule has 1 aromatic rings. The zero-order valence-corrected chi connectivity index (χ0v) is 13.8. The van der Waals surface area contributed by atoms with Gasteiger partial charge in [-0.3, -0.25) is 4.79 Å². The summed E-state index contributed by atoms with van der Waals surface area (Å²) in [6, 6.07) is 4.77. The van der Waals surface area contributed by atoms with Gasteiger partial charge in [0.15, 0.2) is 0 Å². The van der Waals surface area contributed by atoms with Crippen LogP contribution in [-0.4, -0.2) is 36.6 Å². The van der Waals surface area contributed by atoms with E-state index in [-0.39, 0.29) is 17.9 Å². The molecule has 1 aliphatic heterocycles. The third kappa shape index (κ3) is 4.05. The number of benzene rings is 1. The van der Waals surface area contributed by atoms with E-state index in [1.807, 2.05) is 0 Å². The maximum Gasteiger partial charge on any atom is 0.321 e. The van der Waals surface area contributed by atoms with E-state index in [0.717, 1.165) is 0 Å². The highest BCUT2D eigenvalue weighted by atomic mass is 35.5. The number of piperidine rings is 1. The molecule has 2 amide bonds. The van der Waals surface area contributed by atoms with Crippen molar-refractivity contribution in [1.29, 1.82) is 0 Å². The molecule has 22 heavy (non-hydrogen) atoms. The van der Waals surface area contributed by atoms with E-state index in [0.29, 0.717) is 48.3 Å². The Hall–Kier alpha value is -1.46. The molecule has 2 rings (SSSR count). The zero-order valence-electron chi connectivity index (χ0n) is 12.3. The summed E-state index contributed by atoms with van der Waals surface area (Å²) in [5.74, 6) is -0.315. The molecule has 1 N–H and O–H groups in total. The second kappa shape index (κ2) is 7.70. The number of hydrogen-bond donors (Lipinski definition) is 1. The molecular weight excluding hydrogens is 327 g/mol. The van der Waals surface area contributed by atoms with Gasteiger partial charge >= 0.3 is 12.0 Å². The summed E-state index contributed by atoms with van der Waals surface area (Å²) in [6.07, 6.45) is 1.20. The average molecular weight is 345 g/mol. The lowest BCUT2D eigenvalue weighted by Gasteiger charge is -2.31. The van der Waals surface area contributed by atoms with Crippen LogP contribution < -0.4 is 5.32 Å². The highest BCUT2D eigenvalue weighted by Crippen LogP contribution is 2.30. The van der Waals surface area contributed by atoms with Gasteiger partial charge in [-0.1, -0.05) is 29.3 Å². The number of ether oxygens (including phenoxy) is 1. The number of carbonyl (C=O) groups excluding carboxylic acids is 2. The van der Waals surface area contributed by atoms with E-state index < -0.39 is 0 Å². The predicted molar refractivity (Wildman–Crippen MR) is 86.4 cm³/mol. The lowest BCUT2D eigenvalue weighted by molar-refractivity contribution is -0.149. The SMILES string of the molecule is CCOC(=O)C1CCN(C(=O)Nc2c(Cl)cccc2Cl)CC1. The molecule has 0 atom stereocenters. The molecule has 1 fully saturated rings. The second-order valence-electron chi connectivity index (χ2n) is 5.04. The monoisotopic (exact) mass is 344 g/mol. The lowest BCUT2D eigenvalue weighted by atomic mass is 9.97. The summed E-state index contributed by atoms with van der Waals surface area (Å²) in [6.45, 7) is 3.16. The topological polar surface area (TPSA) is 58.6 Å². The van der Waals surface area contributed by atoms with Gasteiger partial charge in [0.1, 0.15) is 0 Å². The van der Waals surface area contributed by atoms with Gasteiger partial charge in [0.05, 0.1) is 28.3 Å². The smallest absolute Gasteiger partial charge is 0.321 e. The van der Waals surface area contributed by atoms with Crippen LogP contribution in [-0.2, 0) is 9.53 Å². The standard InChI is InChI=1S/C15H18Cl2N2O3/c1-2-22-14(20)10-6-8-19(9-7-10)15(21)18-13-11(16)4-3-5-12(13)17/h3-5,10H,2,6-9H2,1H3,(H,18,21). The van der Waals surface area contributed by atoms with Crippen molar-refractivity contribution in [3.8, 4) is 0 Å². The number of halogens is 2. The van der Waals surface area contributed by atoms with Crippen LogP contribution in [0.25, 0.3) is 0 Å². The maximum absolute atomic E-state index is 12.3. The first-order valence-corrected chi connectivity index (χ1v) is 7.95. The number of hydrogen-bond acceptors (Lipinski definition) is 3. The zero-order chi connectivity index (χ0) is 16.1. The average Bonchev–Trinajstić information content (AvgIpc) is 2.51. The van der Waals surface area contributed by atoms with Gasteiger partial charge in [-0.05, 0) is 31.9 Å². The maximum atomic E-state index is 12.3. The van der Waals surface area contributed by atoms with E-state index in [2.05, 4.69) is 5.32 Å². The quantitative estimate of drug-likeness (QED) is 0.848. The molecule has 7 heteroatoms. The van der Waals surface area contributed by atoms with Crippen LogP contribution in [0.1, 0.15) is 19.8 Å². The predicted octanol–water partition coefficient (Wildman–Crippen LogP) is 3.80.